The van der Waals surface area contributed by atoms with E-state index in [-0.39, 0.29) is 18.9 Å². The van der Waals surface area contributed by atoms with E-state index in [4.69, 9.17) is 5.11 Å². The third-order valence-corrected chi connectivity index (χ3v) is 2.43. The number of carbonyl (C=O) groups excluding carboxylic acids is 1. The second kappa shape index (κ2) is 6.48. The van der Waals surface area contributed by atoms with Crippen LogP contribution < -0.4 is 5.32 Å². The maximum absolute atomic E-state index is 11.4. The molecule has 1 amide bonds. The van der Waals surface area contributed by atoms with Crippen molar-refractivity contribution in [1.29, 1.82) is 0 Å². The number of hydrogen-bond donors (Lipinski definition) is 3. The van der Waals surface area contributed by atoms with Crippen LogP contribution in [0.4, 0.5) is 0 Å². The van der Waals surface area contributed by atoms with E-state index in [1.165, 1.54) is 6.92 Å². The highest BCUT2D eigenvalue weighted by molar-refractivity contribution is 5.76. The van der Waals surface area contributed by atoms with Crippen LogP contribution in [0.2, 0.25) is 0 Å². The van der Waals surface area contributed by atoms with Gasteiger partial charge in [0, 0.05) is 13.0 Å². The van der Waals surface area contributed by atoms with E-state index in [9.17, 15) is 14.7 Å². The summed E-state index contributed by atoms with van der Waals surface area (Å²) in [4.78, 5) is 21.8. The van der Waals surface area contributed by atoms with Crippen LogP contribution in [0.3, 0.4) is 0 Å². The van der Waals surface area contributed by atoms with Gasteiger partial charge in [-0.15, -0.1) is 0 Å². The van der Waals surface area contributed by atoms with E-state index in [1.54, 1.807) is 0 Å². The van der Waals surface area contributed by atoms with E-state index in [0.29, 0.717) is 12.3 Å². The Morgan fingerprint density at radius 2 is 2.00 bits per heavy atom. The first kappa shape index (κ1) is 14.9. The number of carbonyl (C=O) groups is 2. The van der Waals surface area contributed by atoms with Crippen LogP contribution in [0.15, 0.2) is 0 Å². The zero-order chi connectivity index (χ0) is 12.8. The fourth-order valence-electron chi connectivity index (χ4n) is 1.21. The van der Waals surface area contributed by atoms with E-state index in [2.05, 4.69) is 5.32 Å². The van der Waals surface area contributed by atoms with Gasteiger partial charge >= 0.3 is 5.97 Å². The number of nitrogens with one attached hydrogen (secondary N) is 1. The quantitative estimate of drug-likeness (QED) is 0.604. The fourth-order valence-corrected chi connectivity index (χ4v) is 1.21. The summed E-state index contributed by atoms with van der Waals surface area (Å²) in [7, 11) is 0. The Bertz CT molecular complexity index is 250. The van der Waals surface area contributed by atoms with Crippen LogP contribution in [0, 0.1) is 5.92 Å². The maximum atomic E-state index is 11.4. The third kappa shape index (κ3) is 7.23. The maximum Gasteiger partial charge on any atom is 0.306 e. The Morgan fingerprint density at radius 3 is 2.44 bits per heavy atom. The molecule has 0 saturated heterocycles. The van der Waals surface area contributed by atoms with Gasteiger partial charge in [-0.3, -0.25) is 9.59 Å². The lowest BCUT2D eigenvalue weighted by Gasteiger charge is -2.21. The second-order valence-corrected chi connectivity index (χ2v) is 4.56. The monoisotopic (exact) mass is 231 g/mol. The predicted octanol–water partition coefficient (Wildman–Crippen LogP) is 0.764. The zero-order valence-corrected chi connectivity index (χ0v) is 10.1. The molecule has 0 radical (unpaired) electrons. The van der Waals surface area contributed by atoms with Crippen molar-refractivity contribution in [3.8, 4) is 0 Å². The average Bonchev–Trinajstić information content (AvgIpc) is 2.13. The lowest BCUT2D eigenvalue weighted by Crippen LogP contribution is -2.42. The molecule has 0 fully saturated rings. The number of amides is 1. The Kier molecular flexibility index (Phi) is 6.03. The highest BCUT2D eigenvalue weighted by Crippen LogP contribution is 2.09. The molecule has 0 bridgehead atoms. The molecule has 94 valence electrons. The Labute approximate surface area is 95.9 Å². The highest BCUT2D eigenvalue weighted by atomic mass is 16.4. The third-order valence-electron chi connectivity index (χ3n) is 2.43. The molecular formula is C11H21NO4. The van der Waals surface area contributed by atoms with Gasteiger partial charge in [-0.2, -0.15) is 0 Å². The number of hydrogen-bond acceptors (Lipinski definition) is 3. The first-order chi connectivity index (χ1) is 7.26. The number of rotatable bonds is 7. The number of carboxylic acid groups (broad SMARTS) is 1. The van der Waals surface area contributed by atoms with Gasteiger partial charge in [0.1, 0.15) is 0 Å². The average molecular weight is 231 g/mol. The summed E-state index contributed by atoms with van der Waals surface area (Å²) < 4.78 is 0. The molecule has 5 nitrogen and oxygen atoms in total. The fraction of sp³-hybridized carbons (Fsp3) is 0.818. The molecule has 0 rings (SSSR count). The molecule has 0 aromatic heterocycles. The normalized spacial score (nSPS) is 16.2. The van der Waals surface area contributed by atoms with Crippen LogP contribution in [-0.2, 0) is 9.59 Å². The highest BCUT2D eigenvalue weighted by Gasteiger charge is 2.24. The van der Waals surface area contributed by atoms with Gasteiger partial charge < -0.3 is 15.5 Å². The number of carboxylic acids is 1. The summed E-state index contributed by atoms with van der Waals surface area (Å²) in [5.41, 5.74) is -1.39. The first-order valence-corrected chi connectivity index (χ1v) is 5.47. The lowest BCUT2D eigenvalue weighted by molar-refractivity contribution is -0.142. The summed E-state index contributed by atoms with van der Waals surface area (Å²) in [6, 6.07) is 0. The number of aliphatic hydroxyl groups is 1. The van der Waals surface area contributed by atoms with Crippen molar-refractivity contribution in [1.82, 2.24) is 5.32 Å². The smallest absolute Gasteiger partial charge is 0.306 e. The van der Waals surface area contributed by atoms with Crippen molar-refractivity contribution in [2.24, 2.45) is 5.92 Å². The van der Waals surface area contributed by atoms with Gasteiger partial charge in [0.05, 0.1) is 12.0 Å². The molecule has 0 heterocycles. The van der Waals surface area contributed by atoms with Gasteiger partial charge in [-0.1, -0.05) is 20.3 Å². The van der Waals surface area contributed by atoms with Gasteiger partial charge in [-0.25, -0.2) is 0 Å². The molecule has 16 heavy (non-hydrogen) atoms. The standard InChI is InChI=1S/C11H21NO4/c1-4-8(2)5-9(13)12-7-11(3,16)6-10(14)15/h8,16H,4-7H2,1-3H3,(H,12,13)(H,14,15). The molecule has 5 heteroatoms. The van der Waals surface area contributed by atoms with Gasteiger partial charge in [0.2, 0.25) is 5.91 Å². The molecule has 0 aliphatic carbocycles. The van der Waals surface area contributed by atoms with E-state index in [1.807, 2.05) is 13.8 Å². The minimum absolute atomic E-state index is 0.0332. The van der Waals surface area contributed by atoms with Gasteiger partial charge in [0.15, 0.2) is 0 Å². The molecule has 2 unspecified atom stereocenters. The molecule has 0 aliphatic heterocycles. The van der Waals surface area contributed by atoms with E-state index >= 15 is 0 Å². The molecule has 0 aromatic rings. The summed E-state index contributed by atoms with van der Waals surface area (Å²) in [5.74, 6) is -0.939. The summed E-state index contributed by atoms with van der Waals surface area (Å²) >= 11 is 0. The summed E-state index contributed by atoms with van der Waals surface area (Å²) in [5, 5.41) is 20.7. The number of aliphatic carboxylic acids is 1. The van der Waals surface area contributed by atoms with Crippen molar-refractivity contribution < 1.29 is 19.8 Å². The van der Waals surface area contributed by atoms with Crippen molar-refractivity contribution in [3.05, 3.63) is 0 Å². The Morgan fingerprint density at radius 1 is 1.44 bits per heavy atom. The largest absolute Gasteiger partial charge is 0.481 e. The molecule has 2 atom stereocenters. The molecule has 0 aliphatic rings. The Hall–Kier alpha value is -1.10. The molecule has 0 aromatic carbocycles. The summed E-state index contributed by atoms with van der Waals surface area (Å²) in [6.07, 6.45) is 0.940. The van der Waals surface area contributed by atoms with Gasteiger partial charge in [-0.05, 0) is 12.8 Å². The van der Waals surface area contributed by atoms with Crippen molar-refractivity contribution in [2.75, 3.05) is 6.54 Å². The lowest BCUT2D eigenvalue weighted by atomic mass is 10.0. The van der Waals surface area contributed by atoms with Crippen LogP contribution in [0.5, 0.6) is 0 Å². The predicted molar refractivity (Wildman–Crippen MR) is 60.0 cm³/mol. The second-order valence-electron chi connectivity index (χ2n) is 4.56. The minimum Gasteiger partial charge on any atom is -0.481 e. The van der Waals surface area contributed by atoms with Crippen molar-refractivity contribution in [2.45, 2.75) is 45.6 Å². The summed E-state index contributed by atoms with van der Waals surface area (Å²) in [6.45, 7) is 5.33. The molecule has 0 spiro atoms. The van der Waals surface area contributed by atoms with Crippen LogP contribution >= 0.6 is 0 Å². The van der Waals surface area contributed by atoms with Crippen LogP contribution in [0.1, 0.15) is 40.0 Å². The first-order valence-electron chi connectivity index (χ1n) is 5.47. The zero-order valence-electron chi connectivity index (χ0n) is 10.1. The van der Waals surface area contributed by atoms with E-state index in [0.717, 1.165) is 6.42 Å². The van der Waals surface area contributed by atoms with Crippen LogP contribution in [-0.4, -0.2) is 34.2 Å². The van der Waals surface area contributed by atoms with Crippen molar-refractivity contribution in [3.63, 3.8) is 0 Å². The van der Waals surface area contributed by atoms with Gasteiger partial charge in [0.25, 0.3) is 0 Å². The SMILES string of the molecule is CCC(C)CC(=O)NCC(C)(O)CC(=O)O. The molecule has 0 saturated carbocycles. The van der Waals surface area contributed by atoms with Crippen molar-refractivity contribution >= 4 is 11.9 Å². The van der Waals surface area contributed by atoms with Crippen LogP contribution in [0.25, 0.3) is 0 Å². The Balaban J connectivity index is 3.94. The molecular weight excluding hydrogens is 210 g/mol. The topological polar surface area (TPSA) is 86.6 Å². The molecule has 3 N–H and O–H groups in total. The van der Waals surface area contributed by atoms with E-state index < -0.39 is 11.6 Å². The minimum atomic E-state index is -1.39.